The van der Waals surface area contributed by atoms with Crippen molar-refractivity contribution in [2.45, 2.75) is 30.3 Å². The first kappa shape index (κ1) is 26.9. The van der Waals surface area contributed by atoms with Crippen molar-refractivity contribution in [2.75, 3.05) is 13.7 Å². The van der Waals surface area contributed by atoms with Crippen molar-refractivity contribution in [1.82, 2.24) is 14.7 Å². The predicted octanol–water partition coefficient (Wildman–Crippen LogP) is 7.50. The van der Waals surface area contributed by atoms with Gasteiger partial charge in [0.1, 0.15) is 5.75 Å². The average molecular weight is 589 g/mol. The molecule has 204 valence electrons. The van der Waals surface area contributed by atoms with Crippen molar-refractivity contribution in [3.05, 3.63) is 107 Å². The van der Waals surface area contributed by atoms with Crippen LogP contribution in [-0.2, 0) is 17.6 Å². The summed E-state index contributed by atoms with van der Waals surface area (Å²) in [5.41, 5.74) is 4.88. The summed E-state index contributed by atoms with van der Waals surface area (Å²) in [6, 6.07) is 29.6. The molecule has 0 aliphatic carbocycles. The number of hydrogen-bond acceptors (Lipinski definition) is 6. The molecule has 1 aliphatic heterocycles. The highest BCUT2D eigenvalue weighted by molar-refractivity contribution is 7.79. The van der Waals surface area contributed by atoms with Gasteiger partial charge in [-0.2, -0.15) is 5.10 Å². The lowest BCUT2D eigenvalue weighted by atomic mass is 10.0. The number of likely N-dealkylation sites (tertiary alicyclic amines) is 1. The zero-order valence-corrected chi connectivity index (χ0v) is 24.2. The molecule has 0 radical (unpaired) electrons. The molecule has 0 bridgehead atoms. The molecule has 40 heavy (non-hydrogen) atoms. The predicted molar refractivity (Wildman–Crippen MR) is 160 cm³/mol. The Hall–Kier alpha value is -3.27. The molecular formula is C31H27ClN3O3S2-. The van der Waals surface area contributed by atoms with Gasteiger partial charge in [0.15, 0.2) is 0 Å². The van der Waals surface area contributed by atoms with Gasteiger partial charge >= 0.3 is 0 Å². The number of ether oxygens (including phenoxy) is 1. The Morgan fingerprint density at radius 3 is 2.60 bits per heavy atom. The maximum absolute atomic E-state index is 11.5. The van der Waals surface area contributed by atoms with E-state index in [4.69, 9.17) is 21.4 Å². The summed E-state index contributed by atoms with van der Waals surface area (Å²) in [6.45, 7) is 1.72. The van der Waals surface area contributed by atoms with Gasteiger partial charge in [-0.3, -0.25) is 9.11 Å². The van der Waals surface area contributed by atoms with Crippen molar-refractivity contribution in [1.29, 1.82) is 0 Å². The van der Waals surface area contributed by atoms with Gasteiger partial charge in [0.25, 0.3) is 0 Å². The zero-order valence-electron chi connectivity index (χ0n) is 21.8. The molecule has 1 saturated heterocycles. The van der Waals surface area contributed by atoms with Crippen LogP contribution in [0.2, 0.25) is 5.02 Å². The second-order valence-corrected chi connectivity index (χ2v) is 12.1. The van der Waals surface area contributed by atoms with Crippen LogP contribution in [0, 0.1) is 0 Å². The molecule has 0 spiro atoms. The van der Waals surface area contributed by atoms with E-state index < -0.39 is 11.1 Å². The third-order valence-corrected chi connectivity index (χ3v) is 9.35. The lowest BCUT2D eigenvalue weighted by Gasteiger charge is -2.24. The monoisotopic (exact) mass is 588 g/mol. The smallest absolute Gasteiger partial charge is 0.118 e. The number of rotatable bonds is 8. The minimum absolute atomic E-state index is 0.271. The molecule has 2 unspecified atom stereocenters. The van der Waals surface area contributed by atoms with E-state index >= 15 is 0 Å². The minimum Gasteiger partial charge on any atom is -0.768 e. The second-order valence-electron chi connectivity index (χ2n) is 9.71. The fourth-order valence-corrected chi connectivity index (χ4v) is 6.93. The maximum Gasteiger partial charge on any atom is 0.118 e. The third kappa shape index (κ3) is 5.50. The molecule has 3 heterocycles. The summed E-state index contributed by atoms with van der Waals surface area (Å²) in [5, 5.41) is 5.67. The SMILES string of the molecule is COc1ccc(C2CCCN2Cc2cc(-c3ccc(-c4cccc(S(=O)[O-])c4)s3)n(-c3ccccc3Cl)n2)cc1. The molecule has 6 nitrogen and oxygen atoms in total. The average Bonchev–Trinajstić information content (AvgIpc) is 3.74. The van der Waals surface area contributed by atoms with Crippen LogP contribution in [0.5, 0.6) is 5.75 Å². The molecule has 1 fully saturated rings. The first-order valence-electron chi connectivity index (χ1n) is 13.0. The lowest BCUT2D eigenvalue weighted by molar-refractivity contribution is 0.245. The van der Waals surface area contributed by atoms with Crippen molar-refractivity contribution >= 4 is 34.0 Å². The van der Waals surface area contributed by atoms with Gasteiger partial charge < -0.3 is 9.29 Å². The molecule has 1 aliphatic rings. The number of halogens is 1. The molecule has 6 rings (SSSR count). The number of aromatic nitrogens is 2. The van der Waals surface area contributed by atoms with Crippen LogP contribution in [0.15, 0.2) is 95.9 Å². The van der Waals surface area contributed by atoms with Crippen molar-refractivity contribution < 1.29 is 13.5 Å². The first-order chi connectivity index (χ1) is 19.5. The molecular weight excluding hydrogens is 562 g/mol. The van der Waals surface area contributed by atoms with E-state index in [0.717, 1.165) is 64.1 Å². The fraction of sp³-hybridized carbons (Fsp3) is 0.194. The number of methoxy groups -OCH3 is 1. The third-order valence-electron chi connectivity index (χ3n) is 7.24. The van der Waals surface area contributed by atoms with Crippen molar-refractivity contribution in [3.63, 3.8) is 0 Å². The number of benzene rings is 3. The minimum atomic E-state index is -2.28. The van der Waals surface area contributed by atoms with Gasteiger partial charge in [0.05, 0.1) is 34.1 Å². The van der Waals surface area contributed by atoms with E-state index in [1.807, 2.05) is 53.2 Å². The van der Waals surface area contributed by atoms with E-state index in [9.17, 15) is 8.76 Å². The highest BCUT2D eigenvalue weighted by Gasteiger charge is 2.27. The highest BCUT2D eigenvalue weighted by Crippen LogP contribution is 2.38. The van der Waals surface area contributed by atoms with E-state index in [1.165, 1.54) is 5.56 Å². The Kier molecular flexibility index (Phi) is 7.87. The Bertz CT molecular complexity index is 1660. The lowest BCUT2D eigenvalue weighted by Crippen LogP contribution is -2.23. The molecule has 5 aromatic rings. The number of thiophene rings is 1. The van der Waals surface area contributed by atoms with Gasteiger partial charge in [0, 0.05) is 22.4 Å². The van der Waals surface area contributed by atoms with E-state index in [0.29, 0.717) is 11.1 Å². The van der Waals surface area contributed by atoms with Crippen LogP contribution in [0.3, 0.4) is 0 Å². The van der Waals surface area contributed by atoms with Crippen LogP contribution in [0.1, 0.15) is 30.1 Å². The van der Waals surface area contributed by atoms with E-state index in [2.05, 4.69) is 29.2 Å². The normalized spacial score (nSPS) is 16.3. The number of hydrogen-bond donors (Lipinski definition) is 0. The summed E-state index contributed by atoms with van der Waals surface area (Å²) in [6.07, 6.45) is 2.24. The van der Waals surface area contributed by atoms with Crippen LogP contribution < -0.4 is 4.74 Å². The second kappa shape index (κ2) is 11.7. The Morgan fingerprint density at radius 2 is 1.82 bits per heavy atom. The molecule has 0 saturated carbocycles. The number of nitrogens with zero attached hydrogens (tertiary/aromatic N) is 3. The Morgan fingerprint density at radius 1 is 1.02 bits per heavy atom. The largest absolute Gasteiger partial charge is 0.768 e. The van der Waals surface area contributed by atoms with Gasteiger partial charge in [-0.15, -0.1) is 11.3 Å². The molecule has 9 heteroatoms. The maximum atomic E-state index is 11.5. The van der Waals surface area contributed by atoms with Crippen molar-refractivity contribution in [2.24, 2.45) is 0 Å². The summed E-state index contributed by atoms with van der Waals surface area (Å²) in [4.78, 5) is 4.76. The standard InChI is InChI=1S/C31H28ClN3O3S2/c1-38-24-13-11-21(12-14-24)27-10-5-17-34(27)20-23-19-29(35(33-23)28-9-3-2-8-26(28)32)31-16-15-30(39-31)22-6-4-7-25(18-22)40(36)37/h2-4,6-9,11-16,18-19,27H,5,10,17,20H2,1H3,(H,36,37)/p-1. The first-order valence-corrected chi connectivity index (χ1v) is 15.3. The zero-order chi connectivity index (χ0) is 27.6. The molecule has 0 N–H and O–H groups in total. The molecule has 0 amide bonds. The van der Waals surface area contributed by atoms with Crippen LogP contribution in [-0.4, -0.2) is 37.1 Å². The molecule has 2 aromatic heterocycles. The quantitative estimate of drug-likeness (QED) is 0.175. The van der Waals surface area contributed by atoms with E-state index in [1.54, 1.807) is 36.6 Å². The molecule has 3 aromatic carbocycles. The summed E-state index contributed by atoms with van der Waals surface area (Å²) in [5.74, 6) is 0.861. The van der Waals surface area contributed by atoms with Gasteiger partial charge in [0.2, 0.25) is 0 Å². The van der Waals surface area contributed by atoms with Crippen LogP contribution in [0.25, 0.3) is 26.7 Å². The van der Waals surface area contributed by atoms with Crippen LogP contribution >= 0.6 is 22.9 Å². The number of para-hydroxylation sites is 1. The highest BCUT2D eigenvalue weighted by atomic mass is 35.5. The van der Waals surface area contributed by atoms with E-state index in [-0.39, 0.29) is 4.90 Å². The van der Waals surface area contributed by atoms with Gasteiger partial charge in [-0.05, 0) is 96.2 Å². The molecule has 2 atom stereocenters. The van der Waals surface area contributed by atoms with Gasteiger partial charge in [-0.1, -0.05) is 48.0 Å². The van der Waals surface area contributed by atoms with Gasteiger partial charge in [-0.25, -0.2) is 4.68 Å². The summed E-state index contributed by atoms with van der Waals surface area (Å²) >= 11 is 5.96. The Balaban J connectivity index is 1.35. The van der Waals surface area contributed by atoms with Crippen LogP contribution in [0.4, 0.5) is 0 Å². The summed E-state index contributed by atoms with van der Waals surface area (Å²) in [7, 11) is 1.69. The fourth-order valence-electron chi connectivity index (χ4n) is 5.30. The summed E-state index contributed by atoms with van der Waals surface area (Å²) < 4.78 is 30.3. The Labute approximate surface area is 245 Å². The van der Waals surface area contributed by atoms with Crippen molar-refractivity contribution in [3.8, 4) is 32.4 Å². The topological polar surface area (TPSA) is 70.4 Å².